The van der Waals surface area contributed by atoms with Gasteiger partial charge in [0.05, 0.1) is 5.92 Å². The van der Waals surface area contributed by atoms with Crippen LogP contribution in [0.5, 0.6) is 0 Å². The van der Waals surface area contributed by atoms with Crippen molar-refractivity contribution < 1.29 is 9.90 Å². The van der Waals surface area contributed by atoms with E-state index in [1.54, 1.807) is 0 Å². The van der Waals surface area contributed by atoms with Crippen LogP contribution in [0, 0.1) is 36.0 Å². The number of carbonyl (C=O) groups is 1. The zero-order chi connectivity index (χ0) is 10.0. The summed E-state index contributed by atoms with van der Waals surface area (Å²) in [6.45, 7) is 3.84. The number of rotatable bonds is 4. The van der Waals surface area contributed by atoms with Gasteiger partial charge < -0.3 is 5.11 Å². The summed E-state index contributed by atoms with van der Waals surface area (Å²) in [7, 11) is 0. The highest BCUT2D eigenvalue weighted by Gasteiger charge is 2.40. The van der Waals surface area contributed by atoms with E-state index in [1.807, 2.05) is 13.8 Å². The number of hydrogen-bond acceptors (Lipinski definition) is 1. The van der Waals surface area contributed by atoms with Crippen molar-refractivity contribution in [3.05, 3.63) is 0 Å². The van der Waals surface area contributed by atoms with Gasteiger partial charge in [0, 0.05) is 5.92 Å². The van der Waals surface area contributed by atoms with Crippen molar-refractivity contribution >= 4 is 5.97 Å². The Balaban J connectivity index is 2.72. The van der Waals surface area contributed by atoms with E-state index < -0.39 is 5.97 Å². The molecule has 0 heterocycles. The molecule has 1 N–H and O–H groups in total. The number of hydrogen-bond donors (Lipinski definition) is 1. The third kappa shape index (κ3) is 2.24. The van der Waals surface area contributed by atoms with Gasteiger partial charge in [-0.2, -0.15) is 0 Å². The molecule has 13 heavy (non-hydrogen) atoms. The van der Waals surface area contributed by atoms with Crippen molar-refractivity contribution in [2.24, 2.45) is 23.7 Å². The number of carboxylic acids is 1. The molecule has 2 nitrogen and oxygen atoms in total. The molecule has 2 atom stereocenters. The minimum Gasteiger partial charge on any atom is -0.481 e. The van der Waals surface area contributed by atoms with Crippen molar-refractivity contribution in [1.82, 2.24) is 0 Å². The van der Waals surface area contributed by atoms with Gasteiger partial charge in [-0.15, -0.1) is 12.3 Å². The molecule has 0 radical (unpaired) electrons. The van der Waals surface area contributed by atoms with Gasteiger partial charge in [0.25, 0.3) is 0 Å². The molecular formula is C11H16O2. The summed E-state index contributed by atoms with van der Waals surface area (Å²) in [4.78, 5) is 11.0. The predicted molar refractivity (Wildman–Crippen MR) is 51.0 cm³/mol. The fourth-order valence-electron chi connectivity index (χ4n) is 1.84. The first-order valence-corrected chi connectivity index (χ1v) is 4.76. The molecule has 0 aromatic rings. The Labute approximate surface area is 79.3 Å². The molecule has 0 saturated heterocycles. The molecule has 72 valence electrons. The van der Waals surface area contributed by atoms with Crippen LogP contribution in [0.15, 0.2) is 0 Å². The van der Waals surface area contributed by atoms with Crippen LogP contribution in [-0.4, -0.2) is 11.1 Å². The van der Waals surface area contributed by atoms with Crippen LogP contribution in [0.25, 0.3) is 0 Å². The molecule has 0 aliphatic heterocycles. The van der Waals surface area contributed by atoms with Gasteiger partial charge in [-0.25, -0.2) is 0 Å². The molecule has 0 aromatic heterocycles. The molecule has 2 unspecified atom stereocenters. The zero-order valence-corrected chi connectivity index (χ0v) is 8.16. The second-order valence-electron chi connectivity index (χ2n) is 4.14. The highest BCUT2D eigenvalue weighted by atomic mass is 16.4. The van der Waals surface area contributed by atoms with Gasteiger partial charge in [-0.3, -0.25) is 4.79 Å². The normalized spacial score (nSPS) is 20.8. The lowest BCUT2D eigenvalue weighted by Crippen LogP contribution is -2.28. The number of aliphatic carboxylic acids is 1. The van der Waals surface area contributed by atoms with E-state index in [4.69, 9.17) is 11.5 Å². The Hall–Kier alpha value is -0.970. The highest BCUT2D eigenvalue weighted by molar-refractivity contribution is 5.71. The van der Waals surface area contributed by atoms with E-state index in [1.165, 1.54) is 0 Å². The summed E-state index contributed by atoms with van der Waals surface area (Å²) in [5.74, 6) is 2.07. The maximum Gasteiger partial charge on any atom is 0.308 e. The minimum atomic E-state index is -0.746. The summed E-state index contributed by atoms with van der Waals surface area (Å²) in [5, 5.41) is 9.03. The Morgan fingerprint density at radius 1 is 1.54 bits per heavy atom. The van der Waals surface area contributed by atoms with Crippen molar-refractivity contribution in [3.8, 4) is 12.3 Å². The van der Waals surface area contributed by atoms with Crippen LogP contribution in [0.4, 0.5) is 0 Å². The Bertz CT molecular complexity index is 233. The predicted octanol–water partition coefficient (Wildman–Crippen LogP) is 2.00. The Morgan fingerprint density at radius 3 is 2.31 bits per heavy atom. The van der Waals surface area contributed by atoms with Gasteiger partial charge in [-0.1, -0.05) is 13.8 Å². The average Bonchev–Trinajstić information content (AvgIpc) is 2.80. The summed E-state index contributed by atoms with van der Waals surface area (Å²) in [6, 6.07) is 0. The lowest BCUT2D eigenvalue weighted by Gasteiger charge is -2.22. The van der Waals surface area contributed by atoms with Crippen LogP contribution >= 0.6 is 0 Å². The van der Waals surface area contributed by atoms with Crippen LogP contribution in [-0.2, 0) is 4.79 Å². The van der Waals surface area contributed by atoms with E-state index in [0.29, 0.717) is 5.92 Å². The first-order valence-electron chi connectivity index (χ1n) is 4.76. The Kier molecular flexibility index (Phi) is 2.98. The molecule has 1 rings (SSSR count). The van der Waals surface area contributed by atoms with Gasteiger partial charge in [-0.05, 0) is 24.7 Å². The molecule has 1 fully saturated rings. The molecule has 0 amide bonds. The second kappa shape index (κ2) is 3.83. The summed E-state index contributed by atoms with van der Waals surface area (Å²) in [5.41, 5.74) is 0. The van der Waals surface area contributed by atoms with Crippen LogP contribution in [0.3, 0.4) is 0 Å². The highest BCUT2D eigenvalue weighted by Crippen LogP contribution is 2.42. The summed E-state index contributed by atoms with van der Waals surface area (Å²) < 4.78 is 0. The van der Waals surface area contributed by atoms with Crippen LogP contribution in [0.2, 0.25) is 0 Å². The fraction of sp³-hybridized carbons (Fsp3) is 0.727. The van der Waals surface area contributed by atoms with Gasteiger partial charge in [0.2, 0.25) is 0 Å². The van der Waals surface area contributed by atoms with Crippen molar-refractivity contribution in [2.45, 2.75) is 26.7 Å². The van der Waals surface area contributed by atoms with Crippen LogP contribution < -0.4 is 0 Å². The smallest absolute Gasteiger partial charge is 0.308 e. The van der Waals surface area contributed by atoms with E-state index in [9.17, 15) is 4.79 Å². The van der Waals surface area contributed by atoms with Crippen molar-refractivity contribution in [3.63, 3.8) is 0 Å². The van der Waals surface area contributed by atoms with Gasteiger partial charge >= 0.3 is 5.97 Å². The second-order valence-corrected chi connectivity index (χ2v) is 4.14. The number of terminal acetylenes is 1. The largest absolute Gasteiger partial charge is 0.481 e. The van der Waals surface area contributed by atoms with E-state index in [0.717, 1.165) is 12.8 Å². The molecular weight excluding hydrogens is 164 g/mol. The Morgan fingerprint density at radius 2 is 2.08 bits per heavy atom. The maximum atomic E-state index is 11.0. The van der Waals surface area contributed by atoms with E-state index in [2.05, 4.69) is 5.92 Å². The molecule has 0 bridgehead atoms. The lowest BCUT2D eigenvalue weighted by molar-refractivity contribution is -0.145. The summed E-state index contributed by atoms with van der Waals surface area (Å²) in [6.07, 6.45) is 7.58. The monoisotopic (exact) mass is 180 g/mol. The molecule has 1 saturated carbocycles. The molecule has 2 heteroatoms. The van der Waals surface area contributed by atoms with Gasteiger partial charge in [0.15, 0.2) is 0 Å². The first-order chi connectivity index (χ1) is 6.07. The SMILES string of the molecule is C#CC(C1CC1)C(C(=O)O)C(C)C. The van der Waals surface area contributed by atoms with Crippen molar-refractivity contribution in [1.29, 1.82) is 0 Å². The molecule has 0 aromatic carbocycles. The minimum absolute atomic E-state index is 0.0579. The standard InChI is InChI=1S/C11H16O2/c1-4-9(8-5-6-8)10(7(2)3)11(12)13/h1,7-10H,5-6H2,2-3H3,(H,12,13). The number of carboxylic acid groups (broad SMARTS) is 1. The average molecular weight is 180 g/mol. The first kappa shape index (κ1) is 10.1. The fourth-order valence-corrected chi connectivity index (χ4v) is 1.84. The lowest BCUT2D eigenvalue weighted by atomic mass is 9.81. The van der Waals surface area contributed by atoms with E-state index >= 15 is 0 Å². The molecule has 1 aliphatic rings. The van der Waals surface area contributed by atoms with Crippen LogP contribution in [0.1, 0.15) is 26.7 Å². The third-order valence-electron chi connectivity index (χ3n) is 2.71. The summed E-state index contributed by atoms with van der Waals surface area (Å²) >= 11 is 0. The van der Waals surface area contributed by atoms with Gasteiger partial charge in [0.1, 0.15) is 0 Å². The molecule has 1 aliphatic carbocycles. The quantitative estimate of drug-likeness (QED) is 0.672. The van der Waals surface area contributed by atoms with E-state index in [-0.39, 0.29) is 17.8 Å². The maximum absolute atomic E-state index is 11.0. The topological polar surface area (TPSA) is 37.3 Å². The van der Waals surface area contributed by atoms with Crippen molar-refractivity contribution in [2.75, 3.05) is 0 Å². The zero-order valence-electron chi connectivity index (χ0n) is 8.16. The third-order valence-corrected chi connectivity index (χ3v) is 2.71. The molecule has 0 spiro atoms.